The smallest absolute Gasteiger partial charge is 0.119 e. The van der Waals surface area contributed by atoms with E-state index in [1.165, 1.54) is 128 Å². The van der Waals surface area contributed by atoms with Gasteiger partial charge in [0.05, 0.1) is 5.41 Å². The summed E-state index contributed by atoms with van der Waals surface area (Å²) in [7, 11) is 0. The average Bonchev–Trinajstić information content (AvgIpc) is 3.36. The van der Waals surface area contributed by atoms with Crippen molar-refractivity contribution >= 4 is 0 Å². The predicted molar refractivity (Wildman–Crippen MR) is 151 cm³/mol. The second-order valence-corrected chi connectivity index (χ2v) is 11.0. The van der Waals surface area contributed by atoms with Crippen molar-refractivity contribution in [1.82, 2.24) is 9.55 Å². The summed E-state index contributed by atoms with van der Waals surface area (Å²) in [5, 5.41) is 0. The van der Waals surface area contributed by atoms with E-state index in [2.05, 4.69) is 55.8 Å². The third-order valence-corrected chi connectivity index (χ3v) is 7.94. The highest BCUT2D eigenvalue weighted by atomic mass is 15.1. The third-order valence-electron chi connectivity index (χ3n) is 7.94. The van der Waals surface area contributed by atoms with Crippen molar-refractivity contribution in [3.8, 4) is 0 Å². The van der Waals surface area contributed by atoms with E-state index < -0.39 is 0 Å². The topological polar surface area (TPSA) is 17.8 Å². The first-order valence-electron chi connectivity index (χ1n) is 15.1. The molecule has 1 aliphatic carbocycles. The zero-order chi connectivity index (χ0) is 24.3. The molecular formula is C32H56N2. The molecule has 0 fully saturated rings. The summed E-state index contributed by atoms with van der Waals surface area (Å²) in [6.45, 7) is 6.99. The summed E-state index contributed by atoms with van der Waals surface area (Å²) in [5.74, 6) is 1.30. The van der Waals surface area contributed by atoms with Gasteiger partial charge in [0, 0.05) is 18.4 Å². The van der Waals surface area contributed by atoms with Crippen LogP contribution < -0.4 is 0 Å². The van der Waals surface area contributed by atoms with Gasteiger partial charge in [-0.25, -0.2) is 4.98 Å². The molecule has 2 unspecified atom stereocenters. The van der Waals surface area contributed by atoms with Gasteiger partial charge in [0.25, 0.3) is 0 Å². The molecule has 0 saturated heterocycles. The van der Waals surface area contributed by atoms with Crippen LogP contribution in [-0.2, 0) is 5.41 Å². The van der Waals surface area contributed by atoms with Gasteiger partial charge < -0.3 is 4.57 Å². The highest BCUT2D eigenvalue weighted by Gasteiger charge is 2.34. The minimum atomic E-state index is 0.0902. The Morgan fingerprint density at radius 3 is 1.88 bits per heavy atom. The standard InChI is InChI=1S/C32H56N2/c1-4-6-8-10-12-13-14-15-16-18-21-25-32(26-22-19-23-27-32)31-33-28-29-34(31)30(3)24-20-17-11-9-7-5-2/h19,22-23,26,28-30H,4-18,20-21,24-25,27H2,1-3H3. The van der Waals surface area contributed by atoms with Crippen LogP contribution in [0.3, 0.4) is 0 Å². The minimum Gasteiger partial charge on any atom is -0.331 e. The van der Waals surface area contributed by atoms with E-state index in [1.807, 2.05) is 6.20 Å². The Balaban J connectivity index is 1.77. The SMILES string of the molecule is CCCCCCCCCCCCCC1(c2nccn2C(C)CCCCCCCC)C=CC=CC1. The van der Waals surface area contributed by atoms with Crippen LogP contribution in [-0.4, -0.2) is 9.55 Å². The summed E-state index contributed by atoms with van der Waals surface area (Å²) in [6, 6.07) is 0.539. The molecule has 1 heterocycles. The van der Waals surface area contributed by atoms with Crippen LogP contribution in [0, 0.1) is 0 Å². The quantitative estimate of drug-likeness (QED) is 0.164. The van der Waals surface area contributed by atoms with Crippen LogP contribution in [0.15, 0.2) is 36.7 Å². The molecule has 2 heteroatoms. The van der Waals surface area contributed by atoms with Crippen molar-refractivity contribution in [1.29, 1.82) is 0 Å². The van der Waals surface area contributed by atoms with Crippen molar-refractivity contribution in [3.05, 3.63) is 42.5 Å². The van der Waals surface area contributed by atoms with Gasteiger partial charge in [0.15, 0.2) is 0 Å². The average molecular weight is 469 g/mol. The van der Waals surface area contributed by atoms with Gasteiger partial charge >= 0.3 is 0 Å². The number of unbranched alkanes of at least 4 members (excludes halogenated alkanes) is 15. The summed E-state index contributed by atoms with van der Waals surface area (Å²) in [5.41, 5.74) is 0.0902. The van der Waals surface area contributed by atoms with E-state index in [1.54, 1.807) is 0 Å². The maximum absolute atomic E-state index is 4.95. The first-order valence-corrected chi connectivity index (χ1v) is 15.1. The first kappa shape index (κ1) is 28.9. The van der Waals surface area contributed by atoms with E-state index >= 15 is 0 Å². The zero-order valence-corrected chi connectivity index (χ0v) is 23.1. The number of nitrogens with zero attached hydrogens (tertiary/aromatic N) is 2. The molecule has 34 heavy (non-hydrogen) atoms. The Kier molecular flexibility index (Phi) is 15.3. The molecule has 0 aliphatic heterocycles. The van der Waals surface area contributed by atoms with Gasteiger partial charge in [-0.2, -0.15) is 0 Å². The maximum Gasteiger partial charge on any atom is 0.119 e. The van der Waals surface area contributed by atoms with Crippen LogP contribution in [0.4, 0.5) is 0 Å². The van der Waals surface area contributed by atoms with Crippen LogP contribution in [0.2, 0.25) is 0 Å². The molecule has 2 nitrogen and oxygen atoms in total. The van der Waals surface area contributed by atoms with Crippen LogP contribution in [0.25, 0.3) is 0 Å². The van der Waals surface area contributed by atoms with Crippen molar-refractivity contribution in [2.24, 2.45) is 0 Å². The number of hydrogen-bond donors (Lipinski definition) is 0. The molecular weight excluding hydrogens is 412 g/mol. The molecule has 0 saturated carbocycles. The fourth-order valence-corrected chi connectivity index (χ4v) is 5.65. The van der Waals surface area contributed by atoms with Gasteiger partial charge in [-0.15, -0.1) is 0 Å². The Bertz CT molecular complexity index is 670. The summed E-state index contributed by atoms with van der Waals surface area (Å²) >= 11 is 0. The van der Waals surface area contributed by atoms with Gasteiger partial charge in [0.1, 0.15) is 5.82 Å². The Labute approximate surface area is 212 Å². The van der Waals surface area contributed by atoms with Crippen molar-refractivity contribution in [3.63, 3.8) is 0 Å². The molecule has 194 valence electrons. The number of allylic oxidation sites excluding steroid dienone is 4. The van der Waals surface area contributed by atoms with E-state index in [9.17, 15) is 0 Å². The number of aromatic nitrogens is 2. The van der Waals surface area contributed by atoms with Gasteiger partial charge in [-0.3, -0.25) is 0 Å². The summed E-state index contributed by atoms with van der Waals surface area (Å²) in [6.07, 6.45) is 40.9. The monoisotopic (exact) mass is 468 g/mol. The number of imidazole rings is 1. The summed E-state index contributed by atoms with van der Waals surface area (Å²) in [4.78, 5) is 4.95. The van der Waals surface area contributed by atoms with E-state index in [0.29, 0.717) is 6.04 Å². The van der Waals surface area contributed by atoms with Gasteiger partial charge in [-0.1, -0.05) is 147 Å². The lowest BCUT2D eigenvalue weighted by atomic mass is 9.76. The van der Waals surface area contributed by atoms with Gasteiger partial charge in [-0.05, 0) is 26.2 Å². The first-order chi connectivity index (χ1) is 16.7. The molecule has 1 aromatic heterocycles. The molecule has 1 aromatic rings. The normalized spacial score (nSPS) is 18.6. The predicted octanol–water partition coefficient (Wildman–Crippen LogP) is 10.6. The highest BCUT2D eigenvalue weighted by Crippen LogP contribution is 2.38. The Morgan fingerprint density at radius 1 is 0.765 bits per heavy atom. The summed E-state index contributed by atoms with van der Waals surface area (Å²) < 4.78 is 2.51. The second kappa shape index (κ2) is 18.0. The Hall–Kier alpha value is -1.31. The van der Waals surface area contributed by atoms with E-state index in [-0.39, 0.29) is 5.41 Å². The van der Waals surface area contributed by atoms with Crippen molar-refractivity contribution < 1.29 is 0 Å². The van der Waals surface area contributed by atoms with E-state index in [4.69, 9.17) is 4.98 Å². The van der Waals surface area contributed by atoms with Crippen molar-refractivity contribution in [2.75, 3.05) is 0 Å². The highest BCUT2D eigenvalue weighted by molar-refractivity contribution is 5.29. The van der Waals surface area contributed by atoms with Crippen LogP contribution in [0.1, 0.15) is 161 Å². The molecule has 0 radical (unpaired) electrons. The molecule has 1 aliphatic rings. The van der Waals surface area contributed by atoms with Crippen LogP contribution in [0.5, 0.6) is 0 Å². The number of hydrogen-bond acceptors (Lipinski definition) is 1. The van der Waals surface area contributed by atoms with Gasteiger partial charge in [0.2, 0.25) is 0 Å². The fraction of sp³-hybridized carbons (Fsp3) is 0.781. The molecule has 0 spiro atoms. The lowest BCUT2D eigenvalue weighted by molar-refractivity contribution is 0.380. The lowest BCUT2D eigenvalue weighted by Gasteiger charge is -2.33. The third kappa shape index (κ3) is 10.5. The number of rotatable bonds is 21. The molecule has 2 rings (SSSR count). The molecule has 0 amide bonds. The molecule has 0 N–H and O–H groups in total. The molecule has 0 bridgehead atoms. The fourth-order valence-electron chi connectivity index (χ4n) is 5.65. The van der Waals surface area contributed by atoms with Crippen LogP contribution >= 0.6 is 0 Å². The molecule has 0 aromatic carbocycles. The minimum absolute atomic E-state index is 0.0902. The second-order valence-electron chi connectivity index (χ2n) is 11.0. The Morgan fingerprint density at radius 2 is 1.32 bits per heavy atom. The largest absolute Gasteiger partial charge is 0.331 e. The zero-order valence-electron chi connectivity index (χ0n) is 23.1. The molecule has 2 atom stereocenters. The maximum atomic E-state index is 4.95. The van der Waals surface area contributed by atoms with Crippen molar-refractivity contribution in [2.45, 2.75) is 161 Å². The lowest BCUT2D eigenvalue weighted by Crippen LogP contribution is -2.29. The van der Waals surface area contributed by atoms with E-state index in [0.717, 1.165) is 6.42 Å².